The molecule has 0 saturated heterocycles. The fraction of sp³-hybridized carbons (Fsp3) is 0.115. The molecular weight excluding hydrogens is 526 g/mol. The summed E-state index contributed by atoms with van der Waals surface area (Å²) in [6, 6.07) is 22.0. The summed E-state index contributed by atoms with van der Waals surface area (Å²) in [7, 11) is -6.18. The Kier molecular flexibility index (Phi) is 7.86. The zero-order valence-corrected chi connectivity index (χ0v) is 22.2. The Morgan fingerprint density at radius 1 is 0.842 bits per heavy atom. The molecule has 4 aromatic rings. The average Bonchev–Trinajstić information content (AvgIpc) is 2.89. The highest BCUT2D eigenvalue weighted by Crippen LogP contribution is 2.20. The van der Waals surface area contributed by atoms with E-state index in [0.717, 1.165) is 5.56 Å². The molecule has 0 radical (unpaired) electrons. The van der Waals surface area contributed by atoms with Crippen molar-refractivity contribution in [3.63, 3.8) is 0 Å². The number of amides is 1. The third-order valence-electron chi connectivity index (χ3n) is 5.52. The van der Waals surface area contributed by atoms with E-state index >= 15 is 0 Å². The molecule has 10 nitrogen and oxygen atoms in total. The summed E-state index contributed by atoms with van der Waals surface area (Å²) in [6.07, 6.45) is 1.45. The number of rotatable bonds is 9. The molecule has 0 aliphatic carbocycles. The molecule has 1 amide bonds. The minimum atomic E-state index is -3.92. The van der Waals surface area contributed by atoms with Gasteiger partial charge in [-0.1, -0.05) is 30.3 Å². The second-order valence-electron chi connectivity index (χ2n) is 8.38. The van der Waals surface area contributed by atoms with Gasteiger partial charge in [0.05, 0.1) is 9.79 Å². The number of aryl methyl sites for hydroxylation is 1. The van der Waals surface area contributed by atoms with E-state index in [0.29, 0.717) is 11.4 Å². The largest absolute Gasteiger partial charge is 0.322 e. The molecular formula is C26H25N5O5S2. The van der Waals surface area contributed by atoms with E-state index in [-0.39, 0.29) is 27.8 Å². The van der Waals surface area contributed by atoms with Gasteiger partial charge >= 0.3 is 0 Å². The second kappa shape index (κ2) is 11.1. The number of hydrogen-bond acceptors (Lipinski definition) is 7. The lowest BCUT2D eigenvalue weighted by Gasteiger charge is -2.17. The summed E-state index contributed by atoms with van der Waals surface area (Å²) in [5.41, 5.74) is 2.07. The van der Waals surface area contributed by atoms with E-state index in [1.807, 2.05) is 30.3 Å². The first-order valence-electron chi connectivity index (χ1n) is 11.4. The van der Waals surface area contributed by atoms with Gasteiger partial charge in [0.1, 0.15) is 0 Å². The predicted octanol–water partition coefficient (Wildman–Crippen LogP) is 3.66. The molecule has 12 heteroatoms. The van der Waals surface area contributed by atoms with Gasteiger partial charge in [0.2, 0.25) is 16.0 Å². The SMILES string of the molecule is Cc1ccnc(NS(=O)(=O)c2ccc(NC(=O)c3ccc(S(=O)(=O)N(C)Cc4ccccc4)cc3)cc2)n1. The number of carbonyl (C=O) groups excluding carboxylic acids is 1. The average molecular weight is 552 g/mol. The molecule has 0 fully saturated rings. The van der Waals surface area contributed by atoms with E-state index < -0.39 is 26.0 Å². The first-order valence-corrected chi connectivity index (χ1v) is 14.3. The molecule has 1 aromatic heterocycles. The maximum atomic E-state index is 12.9. The number of carbonyl (C=O) groups is 1. The highest BCUT2D eigenvalue weighted by molar-refractivity contribution is 7.92. The minimum absolute atomic E-state index is 0.0326. The van der Waals surface area contributed by atoms with Crippen LogP contribution in [-0.4, -0.2) is 44.1 Å². The van der Waals surface area contributed by atoms with Crippen LogP contribution in [0.1, 0.15) is 21.6 Å². The lowest BCUT2D eigenvalue weighted by atomic mass is 10.2. The highest BCUT2D eigenvalue weighted by Gasteiger charge is 2.21. The summed E-state index contributed by atoms with van der Waals surface area (Å²) >= 11 is 0. The maximum absolute atomic E-state index is 12.9. The van der Waals surface area contributed by atoms with Gasteiger partial charge in [0.15, 0.2) is 0 Å². The highest BCUT2D eigenvalue weighted by atomic mass is 32.2. The summed E-state index contributed by atoms with van der Waals surface area (Å²) < 4.78 is 54.6. The van der Waals surface area contributed by atoms with E-state index in [9.17, 15) is 21.6 Å². The van der Waals surface area contributed by atoms with Crippen molar-refractivity contribution in [3.8, 4) is 0 Å². The fourth-order valence-electron chi connectivity index (χ4n) is 3.48. The second-order valence-corrected chi connectivity index (χ2v) is 12.1. The van der Waals surface area contributed by atoms with Gasteiger partial charge < -0.3 is 5.32 Å². The van der Waals surface area contributed by atoms with Gasteiger partial charge in [-0.3, -0.25) is 4.79 Å². The first-order chi connectivity index (χ1) is 18.0. The molecule has 0 spiro atoms. The predicted molar refractivity (Wildman–Crippen MR) is 144 cm³/mol. The van der Waals surface area contributed by atoms with Crippen molar-refractivity contribution in [2.75, 3.05) is 17.1 Å². The zero-order chi connectivity index (χ0) is 27.3. The molecule has 0 atom stereocenters. The smallest absolute Gasteiger partial charge is 0.264 e. The maximum Gasteiger partial charge on any atom is 0.264 e. The van der Waals surface area contributed by atoms with Crippen molar-refractivity contribution in [2.24, 2.45) is 0 Å². The van der Waals surface area contributed by atoms with Crippen LogP contribution in [0, 0.1) is 6.92 Å². The van der Waals surface area contributed by atoms with Crippen molar-refractivity contribution in [2.45, 2.75) is 23.3 Å². The molecule has 2 N–H and O–H groups in total. The lowest BCUT2D eigenvalue weighted by molar-refractivity contribution is 0.102. The van der Waals surface area contributed by atoms with Gasteiger partial charge in [0, 0.05) is 36.7 Å². The van der Waals surface area contributed by atoms with Crippen LogP contribution in [0.4, 0.5) is 11.6 Å². The van der Waals surface area contributed by atoms with E-state index in [2.05, 4.69) is 20.0 Å². The van der Waals surface area contributed by atoms with Crippen molar-refractivity contribution < 1.29 is 21.6 Å². The van der Waals surface area contributed by atoms with Crippen LogP contribution in [-0.2, 0) is 26.6 Å². The number of anilines is 2. The molecule has 3 aromatic carbocycles. The van der Waals surface area contributed by atoms with Crippen LogP contribution in [0.25, 0.3) is 0 Å². The van der Waals surface area contributed by atoms with E-state index in [1.54, 1.807) is 13.0 Å². The number of nitrogens with zero attached hydrogens (tertiary/aromatic N) is 3. The van der Waals surface area contributed by atoms with Crippen LogP contribution >= 0.6 is 0 Å². The van der Waals surface area contributed by atoms with Gasteiger partial charge in [-0.05, 0) is 67.1 Å². The number of nitrogens with one attached hydrogen (secondary N) is 2. The number of aromatic nitrogens is 2. The molecule has 196 valence electrons. The van der Waals surface area contributed by atoms with Gasteiger partial charge in [-0.25, -0.2) is 31.5 Å². The monoisotopic (exact) mass is 551 g/mol. The Hall–Kier alpha value is -4.13. The van der Waals surface area contributed by atoms with Crippen LogP contribution in [0.5, 0.6) is 0 Å². The molecule has 0 bridgehead atoms. The lowest BCUT2D eigenvalue weighted by Crippen LogP contribution is -2.26. The van der Waals surface area contributed by atoms with Crippen LogP contribution in [0.2, 0.25) is 0 Å². The first kappa shape index (κ1) is 26.9. The molecule has 0 saturated carbocycles. The van der Waals surface area contributed by atoms with Crippen molar-refractivity contribution in [1.29, 1.82) is 0 Å². The molecule has 4 rings (SSSR count). The molecule has 0 aliphatic heterocycles. The number of hydrogen-bond donors (Lipinski definition) is 2. The standard InChI is InChI=1S/C26H25N5O5S2/c1-19-16-17-27-26(28-19)30-37(33,34)23-14-10-22(11-15-23)29-25(32)21-8-12-24(13-9-21)38(35,36)31(2)18-20-6-4-3-5-7-20/h3-17H,18H2,1-2H3,(H,29,32)(H,27,28,30). The zero-order valence-electron chi connectivity index (χ0n) is 20.6. The van der Waals surface area contributed by atoms with Crippen molar-refractivity contribution in [3.05, 3.63) is 108 Å². The number of benzene rings is 3. The topological polar surface area (TPSA) is 138 Å². The minimum Gasteiger partial charge on any atom is -0.322 e. The Labute approximate surface area is 221 Å². The Morgan fingerprint density at radius 2 is 1.47 bits per heavy atom. The van der Waals surface area contributed by atoms with Gasteiger partial charge in [-0.2, -0.15) is 4.31 Å². The molecule has 38 heavy (non-hydrogen) atoms. The summed E-state index contributed by atoms with van der Waals surface area (Å²) in [4.78, 5) is 20.6. The summed E-state index contributed by atoms with van der Waals surface area (Å²) in [5.74, 6) is -0.521. The Bertz CT molecular complexity index is 1640. The van der Waals surface area contributed by atoms with Crippen molar-refractivity contribution in [1.82, 2.24) is 14.3 Å². The van der Waals surface area contributed by atoms with Crippen LogP contribution in [0.15, 0.2) is 101 Å². The van der Waals surface area contributed by atoms with Gasteiger partial charge in [-0.15, -0.1) is 0 Å². The Morgan fingerprint density at radius 3 is 2.11 bits per heavy atom. The molecule has 1 heterocycles. The third-order valence-corrected chi connectivity index (χ3v) is 8.68. The normalized spacial score (nSPS) is 11.8. The summed E-state index contributed by atoms with van der Waals surface area (Å²) in [6.45, 7) is 1.93. The third kappa shape index (κ3) is 6.40. The van der Waals surface area contributed by atoms with Crippen molar-refractivity contribution >= 4 is 37.6 Å². The van der Waals surface area contributed by atoms with Crippen LogP contribution in [0.3, 0.4) is 0 Å². The Balaban J connectivity index is 1.41. The fourth-order valence-corrected chi connectivity index (χ4v) is 5.59. The van der Waals surface area contributed by atoms with E-state index in [1.165, 1.54) is 66.1 Å². The molecule has 0 unspecified atom stereocenters. The van der Waals surface area contributed by atoms with Crippen LogP contribution < -0.4 is 10.0 Å². The van der Waals surface area contributed by atoms with Gasteiger partial charge in [0.25, 0.3) is 15.9 Å². The summed E-state index contributed by atoms with van der Waals surface area (Å²) in [5, 5.41) is 2.67. The molecule has 0 aliphatic rings. The van der Waals surface area contributed by atoms with E-state index in [4.69, 9.17) is 0 Å². The number of sulfonamides is 2. The quantitative estimate of drug-likeness (QED) is 0.324.